The zero-order valence-electron chi connectivity index (χ0n) is 13.2. The highest BCUT2D eigenvalue weighted by molar-refractivity contribution is 5.99. The van der Waals surface area contributed by atoms with Crippen molar-refractivity contribution in [2.45, 2.75) is 59.4 Å². The van der Waals surface area contributed by atoms with Crippen LogP contribution in [0.15, 0.2) is 6.07 Å². The van der Waals surface area contributed by atoms with Gasteiger partial charge in [-0.05, 0) is 52.8 Å². The molecule has 0 spiro atoms. The van der Waals surface area contributed by atoms with E-state index in [4.69, 9.17) is 0 Å². The number of hydrogen-bond donors (Lipinski definition) is 0. The van der Waals surface area contributed by atoms with E-state index >= 15 is 0 Å². The first-order valence-corrected chi connectivity index (χ1v) is 8.05. The maximum atomic E-state index is 12.6. The number of rotatable bonds is 4. The Bertz CT molecular complexity index is 454. The summed E-state index contributed by atoms with van der Waals surface area (Å²) >= 11 is 0. The fourth-order valence-corrected chi connectivity index (χ4v) is 3.33. The van der Waals surface area contributed by atoms with Crippen LogP contribution in [0.5, 0.6) is 0 Å². The predicted molar refractivity (Wildman–Crippen MR) is 83.4 cm³/mol. The van der Waals surface area contributed by atoms with E-state index in [9.17, 15) is 4.79 Å². The molecule has 3 nitrogen and oxygen atoms in total. The Morgan fingerprint density at radius 1 is 1.10 bits per heavy atom. The zero-order chi connectivity index (χ0) is 14.5. The molecule has 2 rings (SSSR count). The molecule has 0 N–H and O–H groups in total. The molecule has 1 aliphatic heterocycles. The van der Waals surface area contributed by atoms with E-state index in [1.54, 1.807) is 0 Å². The van der Waals surface area contributed by atoms with E-state index in [-0.39, 0.29) is 0 Å². The molecule has 20 heavy (non-hydrogen) atoms. The SMILES string of the molecule is CCn1c(C)cc(C(=O)CN2CCCCCCC2)c1C. The van der Waals surface area contributed by atoms with Crippen LogP contribution in [-0.2, 0) is 6.54 Å². The second kappa shape index (κ2) is 7.07. The highest BCUT2D eigenvalue weighted by atomic mass is 16.1. The van der Waals surface area contributed by atoms with Crippen LogP contribution >= 0.6 is 0 Å². The van der Waals surface area contributed by atoms with Crippen LogP contribution in [0.4, 0.5) is 0 Å². The van der Waals surface area contributed by atoms with Crippen molar-refractivity contribution in [1.29, 1.82) is 0 Å². The van der Waals surface area contributed by atoms with Gasteiger partial charge in [-0.1, -0.05) is 19.3 Å². The van der Waals surface area contributed by atoms with Crippen molar-refractivity contribution in [2.24, 2.45) is 0 Å². The summed E-state index contributed by atoms with van der Waals surface area (Å²) in [5.41, 5.74) is 3.24. The third kappa shape index (κ3) is 3.51. The monoisotopic (exact) mass is 276 g/mol. The summed E-state index contributed by atoms with van der Waals surface area (Å²) < 4.78 is 2.22. The summed E-state index contributed by atoms with van der Waals surface area (Å²) in [6.45, 7) is 9.98. The van der Waals surface area contributed by atoms with Crippen LogP contribution < -0.4 is 0 Å². The van der Waals surface area contributed by atoms with Gasteiger partial charge in [0.25, 0.3) is 0 Å². The van der Waals surface area contributed by atoms with Gasteiger partial charge in [0.15, 0.2) is 5.78 Å². The fraction of sp³-hybridized carbons (Fsp3) is 0.706. The van der Waals surface area contributed by atoms with Gasteiger partial charge in [-0.25, -0.2) is 0 Å². The minimum absolute atomic E-state index is 0.290. The minimum Gasteiger partial charge on any atom is -0.349 e. The molecule has 0 amide bonds. The van der Waals surface area contributed by atoms with Crippen molar-refractivity contribution in [2.75, 3.05) is 19.6 Å². The van der Waals surface area contributed by atoms with Gasteiger partial charge in [-0.2, -0.15) is 0 Å². The molecular weight excluding hydrogens is 248 g/mol. The molecule has 0 aromatic carbocycles. The van der Waals surface area contributed by atoms with Crippen LogP contribution in [0.25, 0.3) is 0 Å². The molecule has 0 atom stereocenters. The highest BCUT2D eigenvalue weighted by Gasteiger charge is 2.18. The van der Waals surface area contributed by atoms with Gasteiger partial charge < -0.3 is 4.57 Å². The number of carbonyl (C=O) groups excluding carboxylic acids is 1. The summed E-state index contributed by atoms with van der Waals surface area (Å²) in [5, 5.41) is 0. The Hall–Kier alpha value is -1.09. The summed E-state index contributed by atoms with van der Waals surface area (Å²) in [5.74, 6) is 0.290. The molecule has 0 saturated carbocycles. The van der Waals surface area contributed by atoms with Crippen LogP contribution in [-0.4, -0.2) is 34.9 Å². The maximum absolute atomic E-state index is 12.6. The molecule has 2 heterocycles. The Morgan fingerprint density at radius 3 is 2.25 bits per heavy atom. The summed E-state index contributed by atoms with van der Waals surface area (Å²) in [7, 11) is 0. The molecule has 0 bridgehead atoms. The number of likely N-dealkylation sites (tertiary alicyclic amines) is 1. The highest BCUT2D eigenvalue weighted by Crippen LogP contribution is 2.17. The first-order chi connectivity index (χ1) is 9.63. The van der Waals surface area contributed by atoms with E-state index in [1.807, 2.05) is 0 Å². The van der Waals surface area contributed by atoms with Gasteiger partial charge in [-0.3, -0.25) is 9.69 Å². The molecule has 1 fully saturated rings. The van der Waals surface area contributed by atoms with Crippen molar-refractivity contribution in [1.82, 2.24) is 9.47 Å². The van der Waals surface area contributed by atoms with Gasteiger partial charge in [0, 0.05) is 23.5 Å². The lowest BCUT2D eigenvalue weighted by Crippen LogP contribution is -2.32. The van der Waals surface area contributed by atoms with Gasteiger partial charge in [0.1, 0.15) is 0 Å². The molecule has 0 unspecified atom stereocenters. The van der Waals surface area contributed by atoms with Crippen molar-refractivity contribution in [3.8, 4) is 0 Å². The molecule has 0 radical (unpaired) electrons. The molecule has 1 saturated heterocycles. The lowest BCUT2D eigenvalue weighted by molar-refractivity contribution is 0.0923. The third-order valence-electron chi connectivity index (χ3n) is 4.51. The van der Waals surface area contributed by atoms with Crippen LogP contribution in [0.3, 0.4) is 0 Å². The molecule has 1 aliphatic rings. The van der Waals surface area contributed by atoms with Crippen molar-refractivity contribution >= 4 is 5.78 Å². The molecule has 3 heteroatoms. The standard InChI is InChI=1S/C17H28N2O/c1-4-19-14(2)12-16(15(19)3)17(20)13-18-10-8-6-5-7-9-11-18/h12H,4-11,13H2,1-3H3. The fourth-order valence-electron chi connectivity index (χ4n) is 3.33. The van der Waals surface area contributed by atoms with Gasteiger partial charge in [-0.15, -0.1) is 0 Å². The van der Waals surface area contributed by atoms with Crippen molar-refractivity contribution in [3.63, 3.8) is 0 Å². The average Bonchev–Trinajstić information content (AvgIpc) is 2.67. The predicted octanol–water partition coefficient (Wildman–Crippen LogP) is 3.57. The smallest absolute Gasteiger partial charge is 0.178 e. The van der Waals surface area contributed by atoms with E-state index < -0.39 is 0 Å². The average molecular weight is 276 g/mol. The second-order valence-corrected chi connectivity index (χ2v) is 6.00. The summed E-state index contributed by atoms with van der Waals surface area (Å²) in [6.07, 6.45) is 6.46. The number of hydrogen-bond acceptors (Lipinski definition) is 2. The molecule has 1 aromatic heterocycles. The lowest BCUT2D eigenvalue weighted by atomic mass is 10.1. The number of aryl methyl sites for hydroxylation is 1. The molecular formula is C17H28N2O. The topological polar surface area (TPSA) is 25.2 Å². The summed E-state index contributed by atoms with van der Waals surface area (Å²) in [6, 6.07) is 2.06. The number of nitrogens with zero attached hydrogens (tertiary/aromatic N) is 2. The second-order valence-electron chi connectivity index (χ2n) is 6.00. The Labute approximate surface area is 123 Å². The van der Waals surface area contributed by atoms with Gasteiger partial charge >= 0.3 is 0 Å². The Kier molecular flexibility index (Phi) is 5.41. The number of carbonyl (C=O) groups is 1. The van der Waals surface area contributed by atoms with Gasteiger partial charge in [0.2, 0.25) is 0 Å². The first kappa shape index (κ1) is 15.3. The number of aromatic nitrogens is 1. The van der Waals surface area contributed by atoms with Crippen LogP contribution in [0, 0.1) is 13.8 Å². The maximum Gasteiger partial charge on any atom is 0.178 e. The Balaban J connectivity index is 2.03. The quantitative estimate of drug-likeness (QED) is 0.785. The lowest BCUT2D eigenvalue weighted by Gasteiger charge is -2.23. The minimum atomic E-state index is 0.290. The van der Waals surface area contributed by atoms with Crippen LogP contribution in [0.2, 0.25) is 0 Å². The van der Waals surface area contributed by atoms with E-state index in [2.05, 4.69) is 36.3 Å². The zero-order valence-corrected chi connectivity index (χ0v) is 13.2. The van der Waals surface area contributed by atoms with Crippen molar-refractivity contribution in [3.05, 3.63) is 23.0 Å². The van der Waals surface area contributed by atoms with Crippen LogP contribution in [0.1, 0.15) is 60.8 Å². The largest absolute Gasteiger partial charge is 0.349 e. The number of ketones is 1. The van der Waals surface area contributed by atoms with Crippen molar-refractivity contribution < 1.29 is 4.79 Å². The first-order valence-electron chi connectivity index (χ1n) is 8.05. The van der Waals surface area contributed by atoms with Gasteiger partial charge in [0.05, 0.1) is 6.54 Å². The normalized spacial score (nSPS) is 17.8. The van der Waals surface area contributed by atoms with E-state index in [0.717, 1.165) is 30.9 Å². The molecule has 112 valence electrons. The third-order valence-corrected chi connectivity index (χ3v) is 4.51. The number of Topliss-reactive ketones (excluding diaryl/α,β-unsaturated/α-hetero) is 1. The molecule has 1 aromatic rings. The van der Waals surface area contributed by atoms with E-state index in [0.29, 0.717) is 12.3 Å². The van der Waals surface area contributed by atoms with E-state index in [1.165, 1.54) is 37.8 Å². The summed E-state index contributed by atoms with van der Waals surface area (Å²) in [4.78, 5) is 14.9. The molecule has 0 aliphatic carbocycles. The Morgan fingerprint density at radius 2 is 1.70 bits per heavy atom.